The Labute approximate surface area is 121 Å². The van der Waals surface area contributed by atoms with Crippen molar-refractivity contribution in [3.8, 4) is 0 Å². The summed E-state index contributed by atoms with van der Waals surface area (Å²) in [5.74, 6) is 0.793. The maximum Gasteiger partial charge on any atom is 0.226 e. The van der Waals surface area contributed by atoms with Crippen LogP contribution in [-0.2, 0) is 4.79 Å². The molecule has 1 aromatic carbocycles. The molecule has 0 aliphatic rings. The number of imidazole rings is 1. The minimum atomic E-state index is -0.0615. The van der Waals surface area contributed by atoms with Gasteiger partial charge in [-0.15, -0.1) is 0 Å². The molecule has 1 atom stereocenters. The Morgan fingerprint density at radius 3 is 3.10 bits per heavy atom. The quantitative estimate of drug-likeness (QED) is 0.767. The lowest BCUT2D eigenvalue weighted by atomic mass is 10.2. The van der Waals surface area contributed by atoms with Crippen LogP contribution in [0.5, 0.6) is 0 Å². The maximum atomic E-state index is 12.1. The number of aromatic amines is 1. The number of carbonyl (C=O) groups is 1. The van der Waals surface area contributed by atoms with Crippen molar-refractivity contribution >= 4 is 22.6 Å². The van der Waals surface area contributed by atoms with E-state index in [1.165, 1.54) is 6.33 Å². The first-order valence-corrected chi connectivity index (χ1v) is 6.72. The van der Waals surface area contributed by atoms with Gasteiger partial charge in [0.2, 0.25) is 5.91 Å². The summed E-state index contributed by atoms with van der Waals surface area (Å²) in [5.41, 5.74) is 2.55. The Balaban J connectivity index is 1.68. The fourth-order valence-corrected chi connectivity index (χ4v) is 2.23. The molecule has 2 aromatic heterocycles. The fraction of sp³-hybridized carbons (Fsp3) is 0.286. The van der Waals surface area contributed by atoms with E-state index in [0.29, 0.717) is 6.42 Å². The SMILES string of the molecule is Cc1nc2ccc(NC(=O)C[C@H](C)n3cncn3)cc2[nH]1. The van der Waals surface area contributed by atoms with Gasteiger partial charge in [-0.05, 0) is 32.0 Å². The van der Waals surface area contributed by atoms with Crippen molar-refractivity contribution < 1.29 is 4.79 Å². The highest BCUT2D eigenvalue weighted by molar-refractivity contribution is 5.93. The molecule has 3 rings (SSSR count). The molecule has 7 heteroatoms. The molecule has 0 saturated heterocycles. The van der Waals surface area contributed by atoms with Crippen LogP contribution >= 0.6 is 0 Å². The molecule has 0 spiro atoms. The van der Waals surface area contributed by atoms with Crippen LogP contribution in [0.25, 0.3) is 11.0 Å². The molecule has 0 radical (unpaired) electrons. The number of benzene rings is 1. The number of nitrogens with one attached hydrogen (secondary N) is 2. The number of hydrogen-bond acceptors (Lipinski definition) is 4. The molecule has 2 heterocycles. The van der Waals surface area contributed by atoms with Gasteiger partial charge in [0, 0.05) is 12.1 Å². The van der Waals surface area contributed by atoms with E-state index >= 15 is 0 Å². The summed E-state index contributed by atoms with van der Waals surface area (Å²) in [6.07, 6.45) is 3.41. The van der Waals surface area contributed by atoms with E-state index in [9.17, 15) is 4.79 Å². The second-order valence-electron chi connectivity index (χ2n) is 5.03. The third kappa shape index (κ3) is 2.91. The fourth-order valence-electron chi connectivity index (χ4n) is 2.23. The minimum Gasteiger partial charge on any atom is -0.342 e. The van der Waals surface area contributed by atoms with Gasteiger partial charge in [0.1, 0.15) is 18.5 Å². The van der Waals surface area contributed by atoms with Crippen molar-refractivity contribution in [1.82, 2.24) is 24.7 Å². The molecule has 21 heavy (non-hydrogen) atoms. The molecule has 0 aliphatic heterocycles. The zero-order valence-electron chi connectivity index (χ0n) is 11.9. The van der Waals surface area contributed by atoms with Gasteiger partial charge in [-0.1, -0.05) is 0 Å². The average molecular weight is 284 g/mol. The zero-order valence-corrected chi connectivity index (χ0v) is 11.9. The predicted molar refractivity (Wildman–Crippen MR) is 78.8 cm³/mol. The molecule has 0 aliphatic carbocycles. The topological polar surface area (TPSA) is 88.5 Å². The van der Waals surface area contributed by atoms with Gasteiger partial charge in [0.25, 0.3) is 0 Å². The lowest BCUT2D eigenvalue weighted by Gasteiger charge is -2.11. The van der Waals surface area contributed by atoms with E-state index in [-0.39, 0.29) is 11.9 Å². The third-order valence-electron chi connectivity index (χ3n) is 3.25. The molecule has 0 fully saturated rings. The van der Waals surface area contributed by atoms with Crippen LogP contribution in [-0.4, -0.2) is 30.6 Å². The maximum absolute atomic E-state index is 12.1. The second-order valence-corrected chi connectivity index (χ2v) is 5.03. The first kappa shape index (κ1) is 13.3. The Morgan fingerprint density at radius 1 is 1.48 bits per heavy atom. The molecule has 7 nitrogen and oxygen atoms in total. The molecule has 108 valence electrons. The number of carbonyl (C=O) groups excluding carboxylic acids is 1. The van der Waals surface area contributed by atoms with E-state index in [1.807, 2.05) is 32.0 Å². The van der Waals surface area contributed by atoms with Crippen molar-refractivity contribution in [1.29, 1.82) is 0 Å². The Kier molecular flexibility index (Phi) is 3.39. The van der Waals surface area contributed by atoms with Gasteiger partial charge in [-0.3, -0.25) is 4.79 Å². The summed E-state index contributed by atoms with van der Waals surface area (Å²) >= 11 is 0. The minimum absolute atomic E-state index is 0.0365. The van der Waals surface area contributed by atoms with Crippen molar-refractivity contribution in [3.63, 3.8) is 0 Å². The highest BCUT2D eigenvalue weighted by Crippen LogP contribution is 2.18. The number of hydrogen-bond donors (Lipinski definition) is 2. The Bertz CT molecular complexity index is 761. The molecule has 0 unspecified atom stereocenters. The molecular formula is C14H16N6O. The van der Waals surface area contributed by atoms with Gasteiger partial charge in [0.05, 0.1) is 17.1 Å². The Hall–Kier alpha value is -2.70. The van der Waals surface area contributed by atoms with Crippen molar-refractivity contribution in [3.05, 3.63) is 36.7 Å². The van der Waals surface area contributed by atoms with Gasteiger partial charge in [-0.2, -0.15) is 5.10 Å². The molecule has 0 bridgehead atoms. The Morgan fingerprint density at radius 2 is 2.33 bits per heavy atom. The van der Waals surface area contributed by atoms with Crippen LogP contribution in [0.2, 0.25) is 0 Å². The molecule has 1 amide bonds. The summed E-state index contributed by atoms with van der Waals surface area (Å²) in [6, 6.07) is 5.58. The number of anilines is 1. The summed E-state index contributed by atoms with van der Waals surface area (Å²) in [4.78, 5) is 23.4. The van der Waals surface area contributed by atoms with Crippen LogP contribution in [0.4, 0.5) is 5.69 Å². The highest BCUT2D eigenvalue weighted by atomic mass is 16.1. The molecular weight excluding hydrogens is 268 g/mol. The molecule has 0 saturated carbocycles. The normalized spacial score (nSPS) is 12.5. The summed E-state index contributed by atoms with van der Waals surface area (Å²) in [7, 11) is 0. The summed E-state index contributed by atoms with van der Waals surface area (Å²) in [5, 5.41) is 6.92. The monoisotopic (exact) mass is 284 g/mol. The average Bonchev–Trinajstić information content (AvgIpc) is 3.05. The van der Waals surface area contributed by atoms with Crippen molar-refractivity contribution in [2.45, 2.75) is 26.3 Å². The predicted octanol–water partition coefficient (Wildman–Crippen LogP) is 2.05. The van der Waals surface area contributed by atoms with E-state index in [0.717, 1.165) is 22.5 Å². The lowest BCUT2D eigenvalue weighted by molar-refractivity contribution is -0.116. The molecule has 3 aromatic rings. The third-order valence-corrected chi connectivity index (χ3v) is 3.25. The summed E-state index contributed by atoms with van der Waals surface area (Å²) in [6.45, 7) is 3.83. The van der Waals surface area contributed by atoms with E-state index in [1.54, 1.807) is 11.0 Å². The van der Waals surface area contributed by atoms with Gasteiger partial charge in [-0.25, -0.2) is 14.6 Å². The van der Waals surface area contributed by atoms with E-state index in [4.69, 9.17) is 0 Å². The number of aryl methyl sites for hydroxylation is 1. The number of H-pyrrole nitrogens is 1. The zero-order chi connectivity index (χ0) is 14.8. The van der Waals surface area contributed by atoms with E-state index < -0.39 is 0 Å². The first-order valence-electron chi connectivity index (χ1n) is 6.72. The van der Waals surface area contributed by atoms with Crippen molar-refractivity contribution in [2.24, 2.45) is 0 Å². The number of amides is 1. The largest absolute Gasteiger partial charge is 0.342 e. The van der Waals surface area contributed by atoms with Gasteiger partial charge >= 0.3 is 0 Å². The number of aromatic nitrogens is 5. The highest BCUT2D eigenvalue weighted by Gasteiger charge is 2.12. The first-order chi connectivity index (χ1) is 10.1. The number of nitrogens with zero attached hydrogens (tertiary/aromatic N) is 4. The van der Waals surface area contributed by atoms with Gasteiger partial charge < -0.3 is 10.3 Å². The van der Waals surface area contributed by atoms with Crippen LogP contribution < -0.4 is 5.32 Å². The van der Waals surface area contributed by atoms with Crippen LogP contribution in [0.3, 0.4) is 0 Å². The van der Waals surface area contributed by atoms with Gasteiger partial charge in [0.15, 0.2) is 0 Å². The van der Waals surface area contributed by atoms with Crippen LogP contribution in [0.1, 0.15) is 25.2 Å². The van der Waals surface area contributed by atoms with Crippen molar-refractivity contribution in [2.75, 3.05) is 5.32 Å². The standard InChI is InChI=1S/C14H16N6O/c1-9(20-8-15-7-16-20)5-14(21)19-11-3-4-12-13(6-11)18-10(2)17-12/h3-4,6-9H,5H2,1-2H3,(H,17,18)(H,19,21)/t9-/m0/s1. The van der Waals surface area contributed by atoms with Crippen LogP contribution in [0, 0.1) is 6.92 Å². The number of fused-ring (bicyclic) bond motifs is 1. The second kappa shape index (κ2) is 5.35. The number of rotatable bonds is 4. The van der Waals surface area contributed by atoms with E-state index in [2.05, 4.69) is 25.4 Å². The van der Waals surface area contributed by atoms with Crippen LogP contribution in [0.15, 0.2) is 30.9 Å². The summed E-state index contributed by atoms with van der Waals surface area (Å²) < 4.78 is 1.67. The smallest absolute Gasteiger partial charge is 0.226 e. The molecule has 2 N–H and O–H groups in total. The lowest BCUT2D eigenvalue weighted by Crippen LogP contribution is -2.17.